The normalized spacial score (nSPS) is 25.5. The van der Waals surface area contributed by atoms with E-state index in [4.69, 9.17) is 9.47 Å². The summed E-state index contributed by atoms with van der Waals surface area (Å²) >= 11 is 0. The van der Waals surface area contributed by atoms with Crippen LogP contribution in [0.2, 0.25) is 0 Å². The quantitative estimate of drug-likeness (QED) is 0.0647. The van der Waals surface area contributed by atoms with Gasteiger partial charge in [-0.1, -0.05) is 38.1 Å². The molecule has 0 bridgehead atoms. The highest BCUT2D eigenvalue weighted by Gasteiger charge is 2.51. The van der Waals surface area contributed by atoms with Crippen molar-refractivity contribution < 1.29 is 45.5 Å². The molecule has 21 heteroatoms. The van der Waals surface area contributed by atoms with Gasteiger partial charge in [-0.3, -0.25) is 19.8 Å². The van der Waals surface area contributed by atoms with Gasteiger partial charge < -0.3 is 29.8 Å². The molecule has 0 radical (unpaired) electrons. The number of aromatic nitrogens is 2. The molecule has 394 valence electrons. The van der Waals surface area contributed by atoms with Crippen LogP contribution in [0.4, 0.5) is 21.5 Å². The van der Waals surface area contributed by atoms with Crippen LogP contribution in [0.3, 0.4) is 0 Å². The minimum Gasteiger partial charge on any atom is -0.489 e. The number of pyridine rings is 1. The highest BCUT2D eigenvalue weighted by molar-refractivity contribution is 7.90. The van der Waals surface area contributed by atoms with Crippen LogP contribution in [0.5, 0.6) is 17.2 Å². The Morgan fingerprint density at radius 2 is 1.73 bits per heavy atom. The highest BCUT2D eigenvalue weighted by Crippen LogP contribution is 2.48. The Hall–Kier alpha value is -5.87. The van der Waals surface area contributed by atoms with Crippen molar-refractivity contribution in [2.24, 2.45) is 11.3 Å². The summed E-state index contributed by atoms with van der Waals surface area (Å²) < 4.78 is 86.0. The predicted octanol–water partition coefficient (Wildman–Crippen LogP) is 8.01. The number of piperidine rings is 2. The largest absolute Gasteiger partial charge is 0.489 e. The molecule has 74 heavy (non-hydrogen) atoms. The van der Waals surface area contributed by atoms with E-state index in [-0.39, 0.29) is 80.7 Å². The van der Waals surface area contributed by atoms with E-state index in [2.05, 4.69) is 67.9 Å². The summed E-state index contributed by atoms with van der Waals surface area (Å²) in [7, 11) is -8.08. The number of nitrogens with one attached hydrogen (secondary N) is 3. The van der Waals surface area contributed by atoms with Gasteiger partial charge >= 0.3 is 0 Å². The number of anilines is 2. The second-order valence-corrected chi connectivity index (χ2v) is 26.0. The maximum absolute atomic E-state index is 14.7. The number of fused-ring (bicyclic) bond motifs is 2. The number of benzene rings is 3. The molecule has 1 spiro atoms. The minimum absolute atomic E-state index is 0.0237. The van der Waals surface area contributed by atoms with Crippen LogP contribution >= 0.6 is 0 Å². The molecular weight excluding hydrogens is 992 g/mol. The van der Waals surface area contributed by atoms with Gasteiger partial charge in [-0.15, -0.1) is 0 Å². The number of hydrogen-bond donors (Lipinski definition) is 4. The van der Waals surface area contributed by atoms with Gasteiger partial charge in [-0.2, -0.15) is 0 Å². The molecule has 2 aromatic heterocycles. The van der Waals surface area contributed by atoms with Crippen LogP contribution in [0.1, 0.15) is 112 Å². The zero-order valence-electron chi connectivity index (χ0n) is 41.8. The Morgan fingerprint density at radius 1 is 0.986 bits per heavy atom. The van der Waals surface area contributed by atoms with Crippen molar-refractivity contribution in [1.29, 1.82) is 0 Å². The average molecular weight is 1060 g/mol. The molecule has 2 saturated carbocycles. The lowest BCUT2D eigenvalue weighted by molar-refractivity contribution is -0.384. The average Bonchev–Trinajstić information content (AvgIpc) is 4.18. The van der Waals surface area contributed by atoms with E-state index in [0.717, 1.165) is 57.3 Å². The van der Waals surface area contributed by atoms with Gasteiger partial charge in [0, 0.05) is 81.3 Å². The maximum Gasteiger partial charge on any atom is 0.297 e. The van der Waals surface area contributed by atoms with Crippen molar-refractivity contribution in [1.82, 2.24) is 23.9 Å². The van der Waals surface area contributed by atoms with Gasteiger partial charge in [-0.05, 0) is 111 Å². The fourth-order valence-corrected chi connectivity index (χ4v) is 15.1. The van der Waals surface area contributed by atoms with Crippen LogP contribution in [-0.2, 0) is 20.0 Å². The second kappa shape index (κ2) is 19.1. The second-order valence-electron chi connectivity index (χ2n) is 22.1. The van der Waals surface area contributed by atoms with Crippen molar-refractivity contribution in [3.05, 3.63) is 106 Å². The Balaban J connectivity index is 0.809. The van der Waals surface area contributed by atoms with E-state index in [0.29, 0.717) is 63.5 Å². The number of nitro benzene ring substituents is 1. The van der Waals surface area contributed by atoms with E-state index in [9.17, 15) is 41.2 Å². The SMILES string of the molecule is CC(C)c1ccccc1[C@@H]1CN(S(=O)(=O)C2CC2)CC[C@@H]1N1CC2(CCN(c3ccc(C(=O)NS(=O)(=O)c4cc5c(c([N+](=O)[O-])c4)N[C@@H]([C@H]4CC[C@](C)(O)CC4)CO5)c(Oc4cnc5[nH]cc(F)c5c4)c3)CC2)C1. The molecule has 5 aromatic rings. The molecule has 1 amide bonds. The lowest BCUT2D eigenvalue weighted by atomic mass is 9.69. The molecule has 11 rings (SSSR count). The summed E-state index contributed by atoms with van der Waals surface area (Å²) in [4.78, 5) is 37.1. The molecule has 6 aliphatic rings. The first-order chi connectivity index (χ1) is 35.3. The molecule has 0 unspecified atom stereocenters. The molecule has 2 aliphatic carbocycles. The first-order valence-corrected chi connectivity index (χ1v) is 28.8. The molecule has 4 aliphatic heterocycles. The Bertz CT molecular complexity index is 3230. The number of sulfonamides is 2. The van der Waals surface area contributed by atoms with Crippen LogP contribution in [0.15, 0.2) is 78.0 Å². The van der Waals surface area contributed by atoms with Crippen molar-refractivity contribution in [2.75, 3.05) is 56.1 Å². The number of halogens is 1. The lowest BCUT2D eigenvalue weighted by Crippen LogP contribution is -2.65. The summed E-state index contributed by atoms with van der Waals surface area (Å²) in [5, 5.41) is 26.0. The van der Waals surface area contributed by atoms with E-state index >= 15 is 0 Å². The van der Waals surface area contributed by atoms with Crippen molar-refractivity contribution >= 4 is 54.0 Å². The third-order valence-corrected chi connectivity index (χ3v) is 20.4. The fraction of sp³-hybridized carbons (Fsp3) is 0.509. The monoisotopic (exact) mass is 1050 g/mol. The molecule has 3 atom stereocenters. The minimum atomic E-state index is -4.75. The number of likely N-dealkylation sites (tertiary alicyclic amines) is 1. The zero-order valence-corrected chi connectivity index (χ0v) is 43.4. The number of hydrogen-bond acceptors (Lipinski definition) is 14. The predicted molar refractivity (Wildman–Crippen MR) is 276 cm³/mol. The van der Waals surface area contributed by atoms with Crippen LogP contribution in [0, 0.1) is 27.3 Å². The van der Waals surface area contributed by atoms with Gasteiger partial charge in [0.25, 0.3) is 21.6 Å². The standard InChI is InChI=1S/C53H63FN8O10S2/c1-32(2)38-6-4-5-7-39(38)42-28-61(74(69,70)36-9-10-36)19-14-45(42)60-30-53(31-60)17-20-59(21-18-53)34-8-11-40(47(22-34)72-35-23-41-43(54)27-56-50(41)55-26-35)51(63)58-73(67,68)37-24-46(62(65)66)49-48(25-37)71-29-44(57-49)33-12-15-52(3,64)16-13-33/h4-8,11,22-27,32-33,36,42,44-45,57,64H,9-10,12-21,28-31H2,1-3H3,(H,55,56)(H,58,63)/t33-,42-,44+,45-,52-/m0/s1. The number of nitro groups is 1. The number of carbonyl (C=O) groups is 1. The Labute approximate surface area is 430 Å². The fourth-order valence-electron chi connectivity index (χ4n) is 12.2. The maximum atomic E-state index is 14.7. The summed E-state index contributed by atoms with van der Waals surface area (Å²) in [6, 6.07) is 16.7. The van der Waals surface area contributed by atoms with Gasteiger partial charge in [0.05, 0.1) is 43.9 Å². The van der Waals surface area contributed by atoms with Gasteiger partial charge in [0.2, 0.25) is 10.0 Å². The number of aliphatic hydroxyl groups is 1. The highest BCUT2D eigenvalue weighted by atomic mass is 32.2. The number of amides is 1. The molecular formula is C53H63FN8O10S2. The Morgan fingerprint density at radius 3 is 2.45 bits per heavy atom. The molecule has 3 aromatic carbocycles. The first kappa shape index (κ1) is 50.3. The summed E-state index contributed by atoms with van der Waals surface area (Å²) in [6.07, 6.45) is 9.04. The first-order valence-electron chi connectivity index (χ1n) is 25.8. The van der Waals surface area contributed by atoms with E-state index < -0.39 is 52.9 Å². The number of carbonyl (C=O) groups excluding carboxylic acids is 1. The number of ether oxygens (including phenoxy) is 2. The van der Waals surface area contributed by atoms with Crippen LogP contribution in [-0.4, -0.2) is 121 Å². The topological polar surface area (TPSA) is 230 Å². The van der Waals surface area contributed by atoms with Crippen LogP contribution < -0.4 is 24.4 Å². The summed E-state index contributed by atoms with van der Waals surface area (Å²) in [5.41, 5.74) is 2.12. The van der Waals surface area contributed by atoms with Crippen LogP contribution in [0.25, 0.3) is 11.0 Å². The van der Waals surface area contributed by atoms with Crippen molar-refractivity contribution in [2.45, 2.75) is 118 Å². The van der Waals surface area contributed by atoms with Gasteiger partial charge in [-0.25, -0.2) is 35.2 Å². The molecule has 3 saturated heterocycles. The zero-order chi connectivity index (χ0) is 51.9. The lowest BCUT2D eigenvalue weighted by Gasteiger charge is -2.59. The number of rotatable bonds is 13. The number of aromatic amines is 1. The van der Waals surface area contributed by atoms with E-state index in [1.807, 2.05) is 0 Å². The molecule has 18 nitrogen and oxygen atoms in total. The number of nitrogens with zero attached hydrogens (tertiary/aromatic N) is 5. The van der Waals surface area contributed by atoms with Gasteiger partial charge in [0.15, 0.2) is 11.4 Å². The number of H-pyrrole nitrogens is 1. The smallest absolute Gasteiger partial charge is 0.297 e. The van der Waals surface area contributed by atoms with Crippen molar-refractivity contribution in [3.8, 4) is 17.2 Å². The Kier molecular flexibility index (Phi) is 12.9. The van der Waals surface area contributed by atoms with Crippen molar-refractivity contribution in [3.63, 3.8) is 0 Å². The molecule has 5 fully saturated rings. The van der Waals surface area contributed by atoms with E-state index in [1.165, 1.54) is 35.7 Å². The third kappa shape index (κ3) is 9.69. The van der Waals surface area contributed by atoms with E-state index in [1.54, 1.807) is 23.4 Å². The molecule has 4 N–H and O–H groups in total. The van der Waals surface area contributed by atoms with Gasteiger partial charge in [0.1, 0.15) is 29.6 Å². The summed E-state index contributed by atoms with van der Waals surface area (Å²) in [5.74, 6) is -1.20. The molecule has 6 heterocycles. The third-order valence-electron chi connectivity index (χ3n) is 16.7. The summed E-state index contributed by atoms with van der Waals surface area (Å²) in [6.45, 7) is 10.5.